The third kappa shape index (κ3) is 4.38. The lowest BCUT2D eigenvalue weighted by molar-refractivity contribution is 0.320. The van der Waals surface area contributed by atoms with Crippen LogP contribution in [0.15, 0.2) is 18.2 Å². The van der Waals surface area contributed by atoms with Gasteiger partial charge in [-0.3, -0.25) is 0 Å². The normalized spacial score (nSPS) is 9.35. The van der Waals surface area contributed by atoms with Gasteiger partial charge in [-0.1, -0.05) is 6.07 Å². The minimum Gasteiger partial charge on any atom is -0.497 e. The minimum atomic E-state index is 0.602. The molecular formula is C14H19NO2. The Bertz CT molecular complexity index is 404. The number of benzene rings is 1. The third-order valence-corrected chi connectivity index (χ3v) is 2.30. The maximum Gasteiger partial charge on any atom is 0.127 e. The van der Waals surface area contributed by atoms with Crippen LogP contribution < -0.4 is 14.8 Å². The van der Waals surface area contributed by atoms with E-state index in [-0.39, 0.29) is 0 Å². The summed E-state index contributed by atoms with van der Waals surface area (Å²) in [5.41, 5.74) is 1.12. The van der Waals surface area contributed by atoms with Crippen LogP contribution in [0, 0.1) is 11.8 Å². The molecule has 0 radical (unpaired) electrons. The van der Waals surface area contributed by atoms with E-state index < -0.39 is 0 Å². The number of hydrogen-bond donors (Lipinski definition) is 1. The lowest BCUT2D eigenvalue weighted by Gasteiger charge is -2.12. The Hall–Kier alpha value is -1.66. The summed E-state index contributed by atoms with van der Waals surface area (Å²) in [5, 5.41) is 3.11. The first-order valence-electron chi connectivity index (χ1n) is 5.65. The summed E-state index contributed by atoms with van der Waals surface area (Å²) in [6.07, 6.45) is 0.743. The molecule has 0 fully saturated rings. The Morgan fingerprint density at radius 3 is 2.82 bits per heavy atom. The fourth-order valence-electron chi connectivity index (χ4n) is 1.47. The van der Waals surface area contributed by atoms with Crippen molar-refractivity contribution in [3.8, 4) is 23.3 Å². The van der Waals surface area contributed by atoms with Crippen LogP contribution in [0.5, 0.6) is 11.5 Å². The number of methoxy groups -OCH3 is 1. The molecule has 0 saturated carbocycles. The van der Waals surface area contributed by atoms with Gasteiger partial charge in [-0.15, -0.1) is 11.8 Å². The average Bonchev–Trinajstić information content (AvgIpc) is 2.36. The smallest absolute Gasteiger partial charge is 0.127 e. The van der Waals surface area contributed by atoms with Gasteiger partial charge in [0.05, 0.1) is 13.7 Å². The molecule has 0 aliphatic heterocycles. The number of hydrogen-bond acceptors (Lipinski definition) is 3. The summed E-state index contributed by atoms with van der Waals surface area (Å²) in [4.78, 5) is 0. The molecule has 0 amide bonds. The summed E-state index contributed by atoms with van der Waals surface area (Å²) < 4.78 is 10.9. The maximum atomic E-state index is 5.71. The van der Waals surface area contributed by atoms with Gasteiger partial charge in [0, 0.05) is 24.6 Å². The van der Waals surface area contributed by atoms with Crippen LogP contribution in [-0.2, 0) is 6.54 Å². The molecule has 3 heteroatoms. The highest BCUT2D eigenvalue weighted by Gasteiger charge is 2.04. The van der Waals surface area contributed by atoms with Crippen molar-refractivity contribution in [2.75, 3.05) is 20.8 Å². The second-order valence-electron chi connectivity index (χ2n) is 3.53. The molecule has 1 rings (SSSR count). The lowest BCUT2D eigenvalue weighted by Crippen LogP contribution is -2.08. The summed E-state index contributed by atoms with van der Waals surface area (Å²) in [6.45, 7) is 3.21. The van der Waals surface area contributed by atoms with E-state index in [9.17, 15) is 0 Å². The monoisotopic (exact) mass is 233 g/mol. The zero-order chi connectivity index (χ0) is 12.5. The summed E-state index contributed by atoms with van der Waals surface area (Å²) in [5.74, 6) is 7.49. The molecule has 1 N–H and O–H groups in total. The zero-order valence-electron chi connectivity index (χ0n) is 10.7. The summed E-state index contributed by atoms with van der Waals surface area (Å²) >= 11 is 0. The molecule has 1 aromatic rings. The molecule has 0 spiro atoms. The van der Waals surface area contributed by atoms with Gasteiger partial charge < -0.3 is 14.8 Å². The van der Waals surface area contributed by atoms with Crippen molar-refractivity contribution in [3.63, 3.8) is 0 Å². The van der Waals surface area contributed by atoms with Crippen LogP contribution >= 0.6 is 0 Å². The van der Waals surface area contributed by atoms with E-state index in [1.807, 2.05) is 32.2 Å². The van der Waals surface area contributed by atoms with Crippen LogP contribution in [-0.4, -0.2) is 20.8 Å². The Morgan fingerprint density at radius 2 is 2.18 bits per heavy atom. The van der Waals surface area contributed by atoms with E-state index in [0.29, 0.717) is 6.61 Å². The fourth-order valence-corrected chi connectivity index (χ4v) is 1.47. The van der Waals surface area contributed by atoms with E-state index >= 15 is 0 Å². The SMILES string of the molecule is CC#CCCOc1cc(OC)ccc1CNC. The largest absolute Gasteiger partial charge is 0.497 e. The standard InChI is InChI=1S/C14H19NO2/c1-4-5-6-9-17-14-10-13(16-3)8-7-12(14)11-15-2/h7-8,10,15H,6,9,11H2,1-3H3. The van der Waals surface area contributed by atoms with Crippen molar-refractivity contribution in [2.45, 2.75) is 19.9 Å². The van der Waals surface area contributed by atoms with Crippen molar-refractivity contribution in [1.29, 1.82) is 0 Å². The fraction of sp³-hybridized carbons (Fsp3) is 0.429. The highest BCUT2D eigenvalue weighted by atomic mass is 16.5. The molecule has 0 heterocycles. The Balaban J connectivity index is 2.72. The highest BCUT2D eigenvalue weighted by molar-refractivity contribution is 5.40. The molecule has 92 valence electrons. The maximum absolute atomic E-state index is 5.71. The Kier molecular flexibility index (Phi) is 5.98. The first-order valence-corrected chi connectivity index (χ1v) is 5.65. The van der Waals surface area contributed by atoms with Gasteiger partial charge in [0.25, 0.3) is 0 Å². The molecular weight excluding hydrogens is 214 g/mol. The number of nitrogens with one attached hydrogen (secondary N) is 1. The third-order valence-electron chi connectivity index (χ3n) is 2.30. The van der Waals surface area contributed by atoms with Gasteiger partial charge in [-0.05, 0) is 20.0 Å². The molecule has 0 aliphatic rings. The van der Waals surface area contributed by atoms with E-state index in [1.165, 1.54) is 0 Å². The predicted molar refractivity (Wildman–Crippen MR) is 69.3 cm³/mol. The van der Waals surface area contributed by atoms with E-state index in [4.69, 9.17) is 9.47 Å². The number of ether oxygens (including phenoxy) is 2. The quantitative estimate of drug-likeness (QED) is 0.603. The van der Waals surface area contributed by atoms with Crippen LogP contribution in [0.2, 0.25) is 0 Å². The van der Waals surface area contributed by atoms with Gasteiger partial charge in [-0.25, -0.2) is 0 Å². The first kappa shape index (κ1) is 13.4. The highest BCUT2D eigenvalue weighted by Crippen LogP contribution is 2.24. The molecule has 0 unspecified atom stereocenters. The van der Waals surface area contributed by atoms with Crippen LogP contribution in [0.1, 0.15) is 18.9 Å². The van der Waals surface area contributed by atoms with Gasteiger partial charge >= 0.3 is 0 Å². The lowest BCUT2D eigenvalue weighted by atomic mass is 10.2. The van der Waals surface area contributed by atoms with Crippen molar-refractivity contribution in [2.24, 2.45) is 0 Å². The molecule has 0 aromatic heterocycles. The van der Waals surface area contributed by atoms with E-state index in [0.717, 1.165) is 30.0 Å². The van der Waals surface area contributed by atoms with E-state index in [1.54, 1.807) is 7.11 Å². The average molecular weight is 233 g/mol. The van der Waals surface area contributed by atoms with E-state index in [2.05, 4.69) is 17.2 Å². The summed E-state index contributed by atoms with van der Waals surface area (Å²) in [7, 11) is 3.57. The molecule has 3 nitrogen and oxygen atoms in total. The van der Waals surface area contributed by atoms with Crippen LogP contribution in [0.4, 0.5) is 0 Å². The van der Waals surface area contributed by atoms with Gasteiger partial charge in [-0.2, -0.15) is 0 Å². The van der Waals surface area contributed by atoms with Gasteiger partial charge in [0.15, 0.2) is 0 Å². The predicted octanol–water partition coefficient (Wildman–Crippen LogP) is 2.21. The second kappa shape index (κ2) is 7.59. The minimum absolute atomic E-state index is 0.602. The van der Waals surface area contributed by atoms with Crippen molar-refractivity contribution >= 4 is 0 Å². The second-order valence-corrected chi connectivity index (χ2v) is 3.53. The topological polar surface area (TPSA) is 30.5 Å². The molecule has 0 aliphatic carbocycles. The molecule has 1 aromatic carbocycles. The van der Waals surface area contributed by atoms with Crippen molar-refractivity contribution in [3.05, 3.63) is 23.8 Å². The molecule has 0 atom stereocenters. The van der Waals surface area contributed by atoms with Crippen LogP contribution in [0.3, 0.4) is 0 Å². The summed E-state index contributed by atoms with van der Waals surface area (Å²) in [6, 6.07) is 5.85. The molecule has 0 bridgehead atoms. The Labute approximate surface area is 103 Å². The van der Waals surface area contributed by atoms with Gasteiger partial charge in [0.1, 0.15) is 11.5 Å². The first-order chi connectivity index (χ1) is 8.31. The van der Waals surface area contributed by atoms with Crippen molar-refractivity contribution < 1.29 is 9.47 Å². The van der Waals surface area contributed by atoms with Crippen LogP contribution in [0.25, 0.3) is 0 Å². The van der Waals surface area contributed by atoms with Crippen molar-refractivity contribution in [1.82, 2.24) is 5.32 Å². The molecule has 17 heavy (non-hydrogen) atoms. The van der Waals surface area contributed by atoms with Gasteiger partial charge in [0.2, 0.25) is 0 Å². The zero-order valence-corrected chi connectivity index (χ0v) is 10.7. The molecule has 0 saturated heterocycles. The Morgan fingerprint density at radius 1 is 1.35 bits per heavy atom. The number of rotatable bonds is 6.